The number of aromatic nitrogens is 2. The number of ether oxygens (including phenoxy) is 1. The van der Waals surface area contributed by atoms with Crippen molar-refractivity contribution in [3.63, 3.8) is 0 Å². The highest BCUT2D eigenvalue weighted by Crippen LogP contribution is 2.18. The quantitative estimate of drug-likeness (QED) is 0.595. The lowest BCUT2D eigenvalue weighted by atomic mass is 10.2. The number of halogens is 2. The Labute approximate surface area is 167 Å². The highest BCUT2D eigenvalue weighted by molar-refractivity contribution is 5.73. The molecule has 1 aromatic heterocycles. The van der Waals surface area contributed by atoms with Crippen LogP contribution in [0.3, 0.4) is 0 Å². The van der Waals surface area contributed by atoms with Crippen LogP contribution in [-0.4, -0.2) is 29.0 Å². The molecule has 0 atom stereocenters. The van der Waals surface area contributed by atoms with E-state index in [1.165, 1.54) is 6.07 Å². The van der Waals surface area contributed by atoms with E-state index in [2.05, 4.69) is 15.7 Å². The lowest BCUT2D eigenvalue weighted by Gasteiger charge is -2.10. The smallest absolute Gasteiger partial charge is 0.315 e. The van der Waals surface area contributed by atoms with Crippen molar-refractivity contribution < 1.29 is 18.3 Å². The fraction of sp³-hybridized carbons (Fsp3) is 0.238. The maximum absolute atomic E-state index is 13.5. The van der Waals surface area contributed by atoms with Gasteiger partial charge in [-0.1, -0.05) is 18.2 Å². The van der Waals surface area contributed by atoms with Crippen molar-refractivity contribution in [2.24, 2.45) is 0 Å². The molecular formula is C21H22F2N4O2. The zero-order valence-corrected chi connectivity index (χ0v) is 16.2. The minimum atomic E-state index is -0.782. The van der Waals surface area contributed by atoms with E-state index in [0.717, 1.165) is 34.8 Å². The fourth-order valence-electron chi connectivity index (χ4n) is 2.90. The Morgan fingerprint density at radius 1 is 1.10 bits per heavy atom. The minimum absolute atomic E-state index is 0.0555. The zero-order valence-electron chi connectivity index (χ0n) is 16.2. The molecule has 2 N–H and O–H groups in total. The molecule has 29 heavy (non-hydrogen) atoms. The van der Waals surface area contributed by atoms with Gasteiger partial charge in [0.25, 0.3) is 0 Å². The highest BCUT2D eigenvalue weighted by atomic mass is 19.1. The number of nitrogens with one attached hydrogen (secondary N) is 2. The first-order chi connectivity index (χ1) is 14.0. The van der Waals surface area contributed by atoms with E-state index in [9.17, 15) is 13.6 Å². The molecule has 0 saturated carbocycles. The number of hydrogen-bond acceptors (Lipinski definition) is 3. The normalized spacial score (nSPS) is 10.6. The number of urea groups is 1. The third-order valence-corrected chi connectivity index (χ3v) is 4.41. The van der Waals surface area contributed by atoms with Crippen LogP contribution >= 0.6 is 0 Å². The molecule has 8 heteroatoms. The molecule has 2 amide bonds. The summed E-state index contributed by atoms with van der Waals surface area (Å²) in [6.45, 7) is 4.40. The first kappa shape index (κ1) is 20.3. The van der Waals surface area contributed by atoms with Crippen molar-refractivity contribution >= 4 is 6.03 Å². The van der Waals surface area contributed by atoms with Gasteiger partial charge in [-0.2, -0.15) is 5.10 Å². The van der Waals surface area contributed by atoms with Gasteiger partial charge >= 0.3 is 6.03 Å². The molecule has 0 radical (unpaired) electrons. The van der Waals surface area contributed by atoms with Crippen LogP contribution in [0.25, 0.3) is 5.69 Å². The van der Waals surface area contributed by atoms with Crippen LogP contribution in [0.5, 0.6) is 5.75 Å². The summed E-state index contributed by atoms with van der Waals surface area (Å²) in [5.74, 6) is -1.52. The number of nitrogens with zero attached hydrogens (tertiary/aromatic N) is 2. The summed E-state index contributed by atoms with van der Waals surface area (Å²) in [6.07, 6.45) is 0. The highest BCUT2D eigenvalue weighted by Gasteiger charge is 2.13. The van der Waals surface area contributed by atoms with Crippen molar-refractivity contribution in [1.82, 2.24) is 20.4 Å². The van der Waals surface area contributed by atoms with Gasteiger partial charge in [-0.3, -0.25) is 0 Å². The number of benzene rings is 2. The topological polar surface area (TPSA) is 68.2 Å². The summed E-state index contributed by atoms with van der Waals surface area (Å²) >= 11 is 0. The van der Waals surface area contributed by atoms with Gasteiger partial charge in [-0.15, -0.1) is 0 Å². The first-order valence-electron chi connectivity index (χ1n) is 9.16. The van der Waals surface area contributed by atoms with E-state index in [1.807, 2.05) is 48.9 Å². The molecule has 3 rings (SSSR count). The molecule has 2 aromatic carbocycles. The van der Waals surface area contributed by atoms with E-state index >= 15 is 0 Å². The Bertz CT molecular complexity index is 990. The Morgan fingerprint density at radius 2 is 1.86 bits per heavy atom. The number of hydrogen-bond donors (Lipinski definition) is 2. The molecule has 0 fully saturated rings. The summed E-state index contributed by atoms with van der Waals surface area (Å²) in [7, 11) is 0. The average molecular weight is 400 g/mol. The maximum Gasteiger partial charge on any atom is 0.315 e. The van der Waals surface area contributed by atoms with Crippen LogP contribution in [0.4, 0.5) is 13.6 Å². The van der Waals surface area contributed by atoms with E-state index in [4.69, 9.17) is 4.74 Å². The van der Waals surface area contributed by atoms with Crippen molar-refractivity contribution in [1.29, 1.82) is 0 Å². The summed E-state index contributed by atoms with van der Waals surface area (Å²) in [4.78, 5) is 12.0. The molecule has 0 aliphatic rings. The fourth-order valence-corrected chi connectivity index (χ4v) is 2.90. The molecule has 152 valence electrons. The molecule has 0 unspecified atom stereocenters. The van der Waals surface area contributed by atoms with E-state index in [1.54, 1.807) is 0 Å². The van der Waals surface area contributed by atoms with Gasteiger partial charge in [0.05, 0.1) is 17.9 Å². The largest absolute Gasteiger partial charge is 0.489 e. The Hall–Kier alpha value is -3.42. The molecule has 0 saturated heterocycles. The predicted octanol–water partition coefficient (Wildman–Crippen LogP) is 3.65. The van der Waals surface area contributed by atoms with Crippen LogP contribution in [0.1, 0.15) is 17.0 Å². The number of carbonyl (C=O) groups excluding carboxylic acids is 1. The standard InChI is InChI=1S/C21H22F2N4O2/c1-14-18(15(2)27(26-14)17-6-4-3-5-7-17)13-25-21(28)24-10-11-29-20-9-8-16(22)12-19(20)23/h3-9,12H,10-11,13H2,1-2H3,(H2,24,25,28). The molecular weight excluding hydrogens is 378 g/mol. The van der Waals surface area contributed by atoms with Crippen molar-refractivity contribution in [2.75, 3.05) is 13.2 Å². The van der Waals surface area contributed by atoms with Gasteiger partial charge < -0.3 is 15.4 Å². The summed E-state index contributed by atoms with van der Waals surface area (Å²) in [6, 6.07) is 12.4. The number of rotatable bonds is 7. The van der Waals surface area contributed by atoms with E-state index in [-0.39, 0.29) is 24.9 Å². The number of amides is 2. The van der Waals surface area contributed by atoms with Gasteiger partial charge in [0.2, 0.25) is 0 Å². The summed E-state index contributed by atoms with van der Waals surface area (Å²) in [5, 5.41) is 9.96. The summed E-state index contributed by atoms with van der Waals surface area (Å²) < 4.78 is 33.4. The molecule has 0 aliphatic carbocycles. The van der Waals surface area contributed by atoms with Crippen LogP contribution in [-0.2, 0) is 6.54 Å². The van der Waals surface area contributed by atoms with Gasteiger partial charge in [-0.05, 0) is 38.1 Å². The van der Waals surface area contributed by atoms with Gasteiger partial charge in [0.1, 0.15) is 12.4 Å². The van der Waals surface area contributed by atoms with Crippen LogP contribution in [0, 0.1) is 25.5 Å². The number of carbonyl (C=O) groups is 1. The number of para-hydroxylation sites is 1. The second-order valence-corrected chi connectivity index (χ2v) is 6.43. The molecule has 3 aromatic rings. The Morgan fingerprint density at radius 3 is 2.59 bits per heavy atom. The lowest BCUT2D eigenvalue weighted by molar-refractivity contribution is 0.235. The van der Waals surface area contributed by atoms with Gasteiger partial charge in [0, 0.05) is 23.9 Å². The molecule has 6 nitrogen and oxygen atoms in total. The minimum Gasteiger partial charge on any atom is -0.489 e. The maximum atomic E-state index is 13.5. The van der Waals surface area contributed by atoms with Gasteiger partial charge in [-0.25, -0.2) is 18.3 Å². The molecule has 0 bridgehead atoms. The van der Waals surface area contributed by atoms with E-state index in [0.29, 0.717) is 6.54 Å². The van der Waals surface area contributed by atoms with Crippen molar-refractivity contribution in [3.05, 3.63) is 77.1 Å². The predicted molar refractivity (Wildman–Crippen MR) is 105 cm³/mol. The third kappa shape index (κ3) is 5.10. The second-order valence-electron chi connectivity index (χ2n) is 6.43. The van der Waals surface area contributed by atoms with Gasteiger partial charge in [0.15, 0.2) is 11.6 Å². The third-order valence-electron chi connectivity index (χ3n) is 4.41. The first-order valence-corrected chi connectivity index (χ1v) is 9.16. The molecule has 1 heterocycles. The van der Waals surface area contributed by atoms with E-state index < -0.39 is 11.6 Å². The van der Waals surface area contributed by atoms with Crippen molar-refractivity contribution in [2.45, 2.75) is 20.4 Å². The van der Waals surface area contributed by atoms with Crippen LogP contribution < -0.4 is 15.4 Å². The Balaban J connectivity index is 1.48. The Kier molecular flexibility index (Phi) is 6.43. The van der Waals surface area contributed by atoms with Crippen LogP contribution in [0.15, 0.2) is 48.5 Å². The second kappa shape index (κ2) is 9.18. The zero-order chi connectivity index (χ0) is 20.8. The molecule has 0 aliphatic heterocycles. The monoisotopic (exact) mass is 400 g/mol. The average Bonchev–Trinajstić information content (AvgIpc) is 2.99. The summed E-state index contributed by atoms with van der Waals surface area (Å²) in [5.41, 5.74) is 3.67. The van der Waals surface area contributed by atoms with Crippen LogP contribution in [0.2, 0.25) is 0 Å². The lowest BCUT2D eigenvalue weighted by Crippen LogP contribution is -2.37. The number of aryl methyl sites for hydroxylation is 1. The molecule has 0 spiro atoms. The van der Waals surface area contributed by atoms with Crippen molar-refractivity contribution in [3.8, 4) is 11.4 Å². The SMILES string of the molecule is Cc1nn(-c2ccccc2)c(C)c1CNC(=O)NCCOc1ccc(F)cc1F.